The quantitative estimate of drug-likeness (QED) is 0.574. The first-order valence-corrected chi connectivity index (χ1v) is 4.27. The first-order valence-electron chi connectivity index (χ1n) is 3.89. The number of hydrogen-bond donors (Lipinski definition) is 0. The molecule has 0 N–H and O–H groups in total. The third-order valence-corrected chi connectivity index (χ3v) is 1.50. The summed E-state index contributed by atoms with van der Waals surface area (Å²) in [7, 11) is 0.500. The maximum absolute atomic E-state index is 9.50. The highest BCUT2D eigenvalue weighted by molar-refractivity contribution is 6.31. The molecule has 0 aliphatic carbocycles. The summed E-state index contributed by atoms with van der Waals surface area (Å²) >= 11 is 5.71. The van der Waals surface area contributed by atoms with Crippen LogP contribution in [-0.2, 0) is 0 Å². The molecule has 0 aliphatic rings. The molecule has 1 rings (SSSR count). The molecule has 0 amide bonds. The smallest absolute Gasteiger partial charge is 0.0785 e. The van der Waals surface area contributed by atoms with Crippen LogP contribution >= 0.6 is 11.6 Å². The summed E-state index contributed by atoms with van der Waals surface area (Å²) in [4.78, 5) is 0. The summed E-state index contributed by atoms with van der Waals surface area (Å²) in [5.74, 6) is 0. The van der Waals surface area contributed by atoms with Crippen LogP contribution in [-0.4, -0.2) is 7.18 Å². The maximum Gasteiger partial charge on any atom is 0.0785 e. The van der Waals surface area contributed by atoms with Crippen LogP contribution in [0.5, 0.6) is 0 Å². The molecule has 0 saturated carbocycles. The number of rotatable bonds is 0. The zero-order valence-corrected chi connectivity index (χ0v) is 8.82. The molecule has 0 saturated heterocycles. The Bertz CT molecular complexity index is 166. The topological polar surface area (TPSA) is 0 Å². The van der Waals surface area contributed by atoms with Crippen LogP contribution in [0, 0.1) is 6.92 Å². The zero-order chi connectivity index (χ0) is 9.98. The van der Waals surface area contributed by atoms with E-state index in [1.165, 1.54) is 0 Å². The Morgan fingerprint density at radius 3 is 1.75 bits per heavy atom. The average molecular weight is 191 g/mol. The van der Waals surface area contributed by atoms with Gasteiger partial charge in [-0.05, 0) is 18.6 Å². The Kier molecular flexibility index (Phi) is 12.2. The van der Waals surface area contributed by atoms with Gasteiger partial charge in [-0.3, -0.25) is 4.39 Å². The van der Waals surface area contributed by atoms with Gasteiger partial charge >= 0.3 is 0 Å². The van der Waals surface area contributed by atoms with Crippen LogP contribution in [0.2, 0.25) is 5.02 Å². The minimum absolute atomic E-state index is 0.500. The van der Waals surface area contributed by atoms with Gasteiger partial charge in [-0.1, -0.05) is 43.6 Å². The van der Waals surface area contributed by atoms with Gasteiger partial charge in [-0.15, -0.1) is 0 Å². The van der Waals surface area contributed by atoms with Gasteiger partial charge in [0.15, 0.2) is 0 Å². The van der Waals surface area contributed by atoms with E-state index in [4.69, 9.17) is 11.6 Å². The first-order chi connectivity index (χ1) is 5.80. The normalized spacial score (nSPS) is 7.17. The third kappa shape index (κ3) is 6.17. The highest BCUT2D eigenvalue weighted by Gasteiger charge is 1.86. The standard InChI is InChI=1S/C7H7Cl.C2H6.CH3F/c1-6-4-2-3-5-7(6)8;2*1-2/h2-5H,1H3;1-2H3;1H3. The van der Waals surface area contributed by atoms with Gasteiger partial charge < -0.3 is 0 Å². The second-order valence-electron chi connectivity index (χ2n) is 1.75. The van der Waals surface area contributed by atoms with Gasteiger partial charge in [0.1, 0.15) is 0 Å². The highest BCUT2D eigenvalue weighted by Crippen LogP contribution is 2.11. The van der Waals surface area contributed by atoms with Gasteiger partial charge in [-0.2, -0.15) is 0 Å². The number of aryl methyl sites for hydroxylation is 1. The minimum atomic E-state index is 0.500. The number of alkyl halides is 1. The van der Waals surface area contributed by atoms with Crippen molar-refractivity contribution in [2.24, 2.45) is 0 Å². The lowest BCUT2D eigenvalue weighted by molar-refractivity contribution is 0.636. The van der Waals surface area contributed by atoms with Gasteiger partial charge in [-0.25, -0.2) is 0 Å². The molecule has 0 heterocycles. The number of benzene rings is 1. The van der Waals surface area contributed by atoms with Crippen LogP contribution in [0.4, 0.5) is 4.39 Å². The van der Waals surface area contributed by atoms with Crippen molar-refractivity contribution in [3.05, 3.63) is 34.9 Å². The van der Waals surface area contributed by atoms with Gasteiger partial charge in [0, 0.05) is 5.02 Å². The molecule has 0 radical (unpaired) electrons. The van der Waals surface area contributed by atoms with Crippen molar-refractivity contribution in [1.29, 1.82) is 0 Å². The van der Waals surface area contributed by atoms with Crippen LogP contribution in [0.15, 0.2) is 24.3 Å². The lowest BCUT2D eigenvalue weighted by Crippen LogP contribution is -1.68. The fourth-order valence-corrected chi connectivity index (χ4v) is 0.687. The van der Waals surface area contributed by atoms with Gasteiger partial charge in [0.05, 0.1) is 7.18 Å². The van der Waals surface area contributed by atoms with Crippen molar-refractivity contribution in [3.8, 4) is 0 Å². The summed E-state index contributed by atoms with van der Waals surface area (Å²) in [6.07, 6.45) is 0. The molecule has 0 spiro atoms. The predicted octanol–water partition coefficient (Wildman–Crippen LogP) is 4.26. The molecule has 2 heteroatoms. The van der Waals surface area contributed by atoms with Crippen LogP contribution in [0.1, 0.15) is 19.4 Å². The largest absolute Gasteiger partial charge is 0.255 e. The summed E-state index contributed by atoms with van der Waals surface area (Å²) in [5.41, 5.74) is 1.13. The Labute approximate surface area is 79.4 Å². The fraction of sp³-hybridized carbons (Fsp3) is 0.400. The number of hydrogen-bond acceptors (Lipinski definition) is 0. The lowest BCUT2D eigenvalue weighted by atomic mass is 10.2. The second-order valence-corrected chi connectivity index (χ2v) is 2.16. The monoisotopic (exact) mass is 190 g/mol. The van der Waals surface area contributed by atoms with Crippen molar-refractivity contribution in [2.75, 3.05) is 7.18 Å². The Hall–Kier alpha value is -0.560. The summed E-state index contributed by atoms with van der Waals surface area (Å²) in [6, 6.07) is 7.77. The zero-order valence-electron chi connectivity index (χ0n) is 8.07. The first kappa shape index (κ1) is 14.0. The molecule has 0 fully saturated rings. The van der Waals surface area contributed by atoms with E-state index in [9.17, 15) is 4.39 Å². The van der Waals surface area contributed by atoms with Crippen molar-refractivity contribution in [3.63, 3.8) is 0 Å². The summed E-state index contributed by atoms with van der Waals surface area (Å²) < 4.78 is 9.50. The van der Waals surface area contributed by atoms with Crippen molar-refractivity contribution >= 4 is 11.6 Å². The summed E-state index contributed by atoms with van der Waals surface area (Å²) in [5, 5.41) is 0.840. The second kappa shape index (κ2) is 10.4. The Morgan fingerprint density at radius 1 is 1.08 bits per heavy atom. The third-order valence-electron chi connectivity index (χ3n) is 1.08. The molecular weight excluding hydrogens is 175 g/mol. The molecule has 0 aromatic heterocycles. The predicted molar refractivity (Wildman–Crippen MR) is 54.6 cm³/mol. The highest BCUT2D eigenvalue weighted by atomic mass is 35.5. The number of halogens is 2. The molecule has 1 aromatic carbocycles. The van der Waals surface area contributed by atoms with E-state index in [1.807, 2.05) is 45.0 Å². The molecule has 0 bridgehead atoms. The molecule has 12 heavy (non-hydrogen) atoms. The minimum Gasteiger partial charge on any atom is -0.255 e. The van der Waals surface area contributed by atoms with E-state index in [-0.39, 0.29) is 0 Å². The van der Waals surface area contributed by atoms with E-state index in [0.29, 0.717) is 7.18 Å². The van der Waals surface area contributed by atoms with E-state index in [2.05, 4.69) is 0 Å². The van der Waals surface area contributed by atoms with Crippen LogP contribution in [0.3, 0.4) is 0 Å². The molecule has 0 nitrogen and oxygen atoms in total. The van der Waals surface area contributed by atoms with E-state index in [1.54, 1.807) is 0 Å². The average Bonchev–Trinajstić information content (AvgIpc) is 2.17. The van der Waals surface area contributed by atoms with Crippen LogP contribution in [0.25, 0.3) is 0 Å². The molecule has 1 aromatic rings. The van der Waals surface area contributed by atoms with E-state index < -0.39 is 0 Å². The van der Waals surface area contributed by atoms with Gasteiger partial charge in [0.2, 0.25) is 0 Å². The van der Waals surface area contributed by atoms with Crippen molar-refractivity contribution < 1.29 is 4.39 Å². The molecule has 0 aliphatic heterocycles. The Balaban J connectivity index is 0. The van der Waals surface area contributed by atoms with Gasteiger partial charge in [0.25, 0.3) is 0 Å². The lowest BCUT2D eigenvalue weighted by Gasteiger charge is -1.90. The maximum atomic E-state index is 9.50. The summed E-state index contributed by atoms with van der Waals surface area (Å²) in [6.45, 7) is 5.99. The molecule has 0 unspecified atom stereocenters. The van der Waals surface area contributed by atoms with E-state index >= 15 is 0 Å². The Morgan fingerprint density at radius 2 is 1.50 bits per heavy atom. The SMILES string of the molecule is CC.CF.Cc1ccccc1Cl. The van der Waals surface area contributed by atoms with Crippen LogP contribution < -0.4 is 0 Å². The fourth-order valence-electron chi connectivity index (χ4n) is 0.551. The van der Waals surface area contributed by atoms with Crippen molar-refractivity contribution in [1.82, 2.24) is 0 Å². The molecule has 0 atom stereocenters. The molecular formula is C10H16ClF. The van der Waals surface area contributed by atoms with Crippen molar-refractivity contribution in [2.45, 2.75) is 20.8 Å². The molecule has 70 valence electrons. The van der Waals surface area contributed by atoms with E-state index in [0.717, 1.165) is 10.6 Å².